The van der Waals surface area contributed by atoms with E-state index in [4.69, 9.17) is 5.73 Å². The van der Waals surface area contributed by atoms with Gasteiger partial charge in [-0.3, -0.25) is 0 Å². The van der Waals surface area contributed by atoms with Gasteiger partial charge in [0.05, 0.1) is 0 Å². The molecule has 102 valence electrons. The summed E-state index contributed by atoms with van der Waals surface area (Å²) in [6.45, 7) is 4.48. The molecule has 0 bridgehead atoms. The molecule has 0 fully saturated rings. The Morgan fingerprint density at radius 1 is 1.26 bits per heavy atom. The second-order valence-corrected chi connectivity index (χ2v) is 7.22. The first-order chi connectivity index (χ1) is 9.15. The molecule has 1 aromatic heterocycles. The van der Waals surface area contributed by atoms with E-state index in [0.717, 1.165) is 16.5 Å². The summed E-state index contributed by atoms with van der Waals surface area (Å²) >= 11 is 3.39. The van der Waals surface area contributed by atoms with E-state index in [1.54, 1.807) is 23.1 Å². The van der Waals surface area contributed by atoms with Crippen molar-refractivity contribution in [3.8, 4) is 0 Å². The van der Waals surface area contributed by atoms with Crippen molar-refractivity contribution < 1.29 is 0 Å². The van der Waals surface area contributed by atoms with Gasteiger partial charge in [0.25, 0.3) is 0 Å². The Labute approximate surface area is 123 Å². The van der Waals surface area contributed by atoms with Crippen molar-refractivity contribution in [2.45, 2.75) is 30.6 Å². The maximum atomic E-state index is 6.22. The summed E-state index contributed by atoms with van der Waals surface area (Å²) in [6, 6.07) is 8.78. The largest absolute Gasteiger partial charge is 0.323 e. The van der Waals surface area contributed by atoms with E-state index < -0.39 is 0 Å². The van der Waals surface area contributed by atoms with Crippen molar-refractivity contribution in [1.82, 2.24) is 4.98 Å². The minimum atomic E-state index is 0.0713. The first-order valence-electron chi connectivity index (χ1n) is 6.52. The zero-order chi connectivity index (χ0) is 13.7. The lowest BCUT2D eigenvalue weighted by atomic mass is 10.0. The highest BCUT2D eigenvalue weighted by Crippen LogP contribution is 2.25. The predicted molar refractivity (Wildman–Crippen MR) is 84.8 cm³/mol. The van der Waals surface area contributed by atoms with Crippen LogP contribution in [0.3, 0.4) is 0 Å². The number of thiazole rings is 1. The minimum absolute atomic E-state index is 0.0713. The van der Waals surface area contributed by atoms with Crippen molar-refractivity contribution >= 4 is 23.1 Å². The van der Waals surface area contributed by atoms with Crippen LogP contribution < -0.4 is 5.73 Å². The second-order valence-electron chi connectivity index (χ2n) is 5.06. The molecule has 19 heavy (non-hydrogen) atoms. The number of hydrogen-bond acceptors (Lipinski definition) is 4. The summed E-state index contributed by atoms with van der Waals surface area (Å²) in [7, 11) is 0. The summed E-state index contributed by atoms with van der Waals surface area (Å²) < 4.78 is 1.09. The van der Waals surface area contributed by atoms with Crippen LogP contribution in [0.2, 0.25) is 0 Å². The SMILES string of the molecule is CC(C)Cc1ccc(C(N)CSc2nccs2)cc1. The summed E-state index contributed by atoms with van der Waals surface area (Å²) in [5, 5.41) is 1.99. The Morgan fingerprint density at radius 3 is 2.58 bits per heavy atom. The third kappa shape index (κ3) is 4.64. The number of thioether (sulfide) groups is 1. The lowest BCUT2D eigenvalue weighted by Gasteiger charge is -2.12. The Hall–Kier alpha value is -0.840. The quantitative estimate of drug-likeness (QED) is 0.814. The van der Waals surface area contributed by atoms with Crippen LogP contribution in [0.5, 0.6) is 0 Å². The molecule has 2 rings (SSSR count). The lowest BCUT2D eigenvalue weighted by Crippen LogP contribution is -2.12. The normalized spacial score (nSPS) is 12.8. The third-order valence-electron chi connectivity index (χ3n) is 2.85. The van der Waals surface area contributed by atoms with Gasteiger partial charge in [0.1, 0.15) is 4.34 Å². The maximum Gasteiger partial charge on any atom is 0.149 e. The summed E-state index contributed by atoms with van der Waals surface area (Å²) in [5.74, 6) is 1.57. The van der Waals surface area contributed by atoms with E-state index in [9.17, 15) is 0 Å². The molecule has 1 heterocycles. The molecule has 0 spiro atoms. The average Bonchev–Trinajstić information content (AvgIpc) is 2.89. The van der Waals surface area contributed by atoms with Gasteiger partial charge in [-0.2, -0.15) is 0 Å². The van der Waals surface area contributed by atoms with Gasteiger partial charge in [-0.15, -0.1) is 11.3 Å². The van der Waals surface area contributed by atoms with E-state index in [1.807, 2.05) is 11.6 Å². The fourth-order valence-electron chi connectivity index (χ4n) is 1.91. The highest BCUT2D eigenvalue weighted by Gasteiger charge is 2.08. The van der Waals surface area contributed by atoms with E-state index in [0.29, 0.717) is 5.92 Å². The van der Waals surface area contributed by atoms with Crippen molar-refractivity contribution in [2.75, 3.05) is 5.75 Å². The van der Waals surface area contributed by atoms with E-state index in [1.165, 1.54) is 11.1 Å². The summed E-state index contributed by atoms with van der Waals surface area (Å²) in [5.41, 5.74) is 8.81. The predicted octanol–water partition coefficient (Wildman–Crippen LogP) is 4.13. The van der Waals surface area contributed by atoms with Crippen molar-refractivity contribution in [3.05, 3.63) is 47.0 Å². The van der Waals surface area contributed by atoms with Crippen molar-refractivity contribution in [2.24, 2.45) is 11.7 Å². The molecule has 0 radical (unpaired) electrons. The van der Waals surface area contributed by atoms with Gasteiger partial charge in [0, 0.05) is 23.4 Å². The molecular weight excluding hydrogens is 272 g/mol. The molecule has 0 aliphatic carbocycles. The van der Waals surface area contributed by atoms with Gasteiger partial charge in [0.15, 0.2) is 0 Å². The van der Waals surface area contributed by atoms with Gasteiger partial charge in [-0.1, -0.05) is 49.9 Å². The van der Waals surface area contributed by atoms with Crippen LogP contribution in [0, 0.1) is 5.92 Å². The van der Waals surface area contributed by atoms with Gasteiger partial charge in [0.2, 0.25) is 0 Å². The average molecular weight is 292 g/mol. The molecule has 0 aliphatic rings. The molecule has 4 heteroatoms. The highest BCUT2D eigenvalue weighted by atomic mass is 32.2. The Bertz CT molecular complexity index is 477. The summed E-state index contributed by atoms with van der Waals surface area (Å²) in [6.07, 6.45) is 2.96. The van der Waals surface area contributed by atoms with Crippen LogP contribution in [-0.2, 0) is 6.42 Å². The van der Waals surface area contributed by atoms with Crippen LogP contribution in [0.25, 0.3) is 0 Å². The topological polar surface area (TPSA) is 38.9 Å². The number of nitrogens with zero attached hydrogens (tertiary/aromatic N) is 1. The monoisotopic (exact) mass is 292 g/mol. The molecule has 2 aromatic rings. The standard InChI is InChI=1S/C15H20N2S2/c1-11(2)9-12-3-5-13(6-4-12)14(16)10-19-15-17-7-8-18-15/h3-8,11,14H,9-10,16H2,1-2H3. The van der Waals surface area contributed by atoms with Gasteiger partial charge in [-0.25, -0.2) is 4.98 Å². The first-order valence-corrected chi connectivity index (χ1v) is 8.38. The second kappa shape index (κ2) is 7.08. The molecule has 1 unspecified atom stereocenters. The van der Waals surface area contributed by atoms with Crippen molar-refractivity contribution in [3.63, 3.8) is 0 Å². The van der Waals surface area contributed by atoms with Crippen LogP contribution in [0.4, 0.5) is 0 Å². The first kappa shape index (κ1) is 14.6. The smallest absolute Gasteiger partial charge is 0.149 e. The van der Waals surface area contributed by atoms with Crippen LogP contribution in [0.1, 0.15) is 31.0 Å². The highest BCUT2D eigenvalue weighted by molar-refractivity contribution is 8.01. The number of aromatic nitrogens is 1. The molecule has 2 nitrogen and oxygen atoms in total. The fourth-order valence-corrected chi connectivity index (χ4v) is 3.56. The van der Waals surface area contributed by atoms with Crippen molar-refractivity contribution in [1.29, 1.82) is 0 Å². The van der Waals surface area contributed by atoms with Crippen LogP contribution >= 0.6 is 23.1 Å². The molecule has 0 saturated heterocycles. The zero-order valence-electron chi connectivity index (χ0n) is 11.4. The van der Waals surface area contributed by atoms with Gasteiger partial charge >= 0.3 is 0 Å². The number of rotatable bonds is 6. The Balaban J connectivity index is 1.90. The van der Waals surface area contributed by atoms with Crippen LogP contribution in [-0.4, -0.2) is 10.7 Å². The molecule has 0 aliphatic heterocycles. The van der Waals surface area contributed by atoms with Gasteiger partial charge in [-0.05, 0) is 23.5 Å². The molecule has 0 saturated carbocycles. The number of hydrogen-bond donors (Lipinski definition) is 1. The third-order valence-corrected chi connectivity index (χ3v) is 4.93. The minimum Gasteiger partial charge on any atom is -0.323 e. The molecule has 1 atom stereocenters. The molecular formula is C15H20N2S2. The zero-order valence-corrected chi connectivity index (χ0v) is 13.0. The maximum absolute atomic E-state index is 6.22. The molecule has 0 amide bonds. The van der Waals surface area contributed by atoms with E-state index >= 15 is 0 Å². The number of benzene rings is 1. The number of nitrogens with two attached hydrogens (primary N) is 1. The Kier molecular flexibility index (Phi) is 5.43. The fraction of sp³-hybridized carbons (Fsp3) is 0.400. The van der Waals surface area contributed by atoms with E-state index in [2.05, 4.69) is 43.1 Å². The summed E-state index contributed by atoms with van der Waals surface area (Å²) in [4.78, 5) is 4.25. The Morgan fingerprint density at radius 2 is 2.00 bits per heavy atom. The molecule has 1 aromatic carbocycles. The van der Waals surface area contributed by atoms with Gasteiger partial charge < -0.3 is 5.73 Å². The lowest BCUT2D eigenvalue weighted by molar-refractivity contribution is 0.647. The van der Waals surface area contributed by atoms with Crippen LogP contribution in [0.15, 0.2) is 40.2 Å². The van der Waals surface area contributed by atoms with E-state index in [-0.39, 0.29) is 6.04 Å². The molecule has 2 N–H and O–H groups in total.